The van der Waals surface area contributed by atoms with Gasteiger partial charge >= 0.3 is 5.97 Å². The van der Waals surface area contributed by atoms with Gasteiger partial charge in [0, 0.05) is 4.47 Å². The maximum Gasteiger partial charge on any atom is 0.341 e. The highest BCUT2D eigenvalue weighted by Gasteiger charge is 2.20. The Balaban J connectivity index is 2.48. The minimum absolute atomic E-state index is 0.193. The summed E-state index contributed by atoms with van der Waals surface area (Å²) in [6, 6.07) is 6.02. The van der Waals surface area contributed by atoms with Crippen molar-refractivity contribution in [3.63, 3.8) is 0 Å². The lowest BCUT2D eigenvalue weighted by molar-refractivity contribution is 0.0694. The first-order valence-electron chi connectivity index (χ1n) is 5.34. The molecule has 0 spiro atoms. The van der Waals surface area contributed by atoms with Gasteiger partial charge in [-0.3, -0.25) is 0 Å². The highest BCUT2D eigenvalue weighted by atomic mass is 79.9. The number of carboxylic acids is 1. The summed E-state index contributed by atoms with van der Waals surface area (Å²) in [5, 5.41) is 9.03. The predicted octanol–water partition coefficient (Wildman–Crippen LogP) is 3.80. The van der Waals surface area contributed by atoms with Crippen LogP contribution in [0.15, 0.2) is 34.8 Å². The van der Waals surface area contributed by atoms with E-state index in [0.717, 1.165) is 18.2 Å². The van der Waals surface area contributed by atoms with Crippen molar-refractivity contribution in [2.45, 2.75) is 0 Å². The molecule has 3 N–H and O–H groups in total. The summed E-state index contributed by atoms with van der Waals surface area (Å²) >= 11 is 3.08. The van der Waals surface area contributed by atoms with Crippen molar-refractivity contribution in [3.05, 3.63) is 52.0 Å². The number of carbonyl (C=O) groups is 1. The quantitative estimate of drug-likeness (QED) is 0.831. The van der Waals surface area contributed by atoms with Crippen molar-refractivity contribution in [2.24, 2.45) is 0 Å². The summed E-state index contributed by atoms with van der Waals surface area (Å²) in [7, 11) is 0. The first-order valence-corrected chi connectivity index (χ1v) is 6.13. The molecule has 0 atom stereocenters. The monoisotopic (exact) mass is 343 g/mol. The lowest BCUT2D eigenvalue weighted by Crippen LogP contribution is -2.07. The number of carboxylic acid groups (broad SMARTS) is 1. The molecule has 0 saturated carbocycles. The van der Waals surface area contributed by atoms with E-state index >= 15 is 0 Å². The molecular formula is C13H8BrF2NO3. The second-order valence-corrected chi connectivity index (χ2v) is 4.73. The predicted molar refractivity (Wildman–Crippen MR) is 71.9 cm³/mol. The molecule has 0 aromatic heterocycles. The third kappa shape index (κ3) is 2.72. The first-order chi connectivity index (χ1) is 9.40. The number of benzene rings is 2. The second kappa shape index (κ2) is 5.46. The van der Waals surface area contributed by atoms with Crippen molar-refractivity contribution in [2.75, 3.05) is 5.73 Å². The molecule has 104 valence electrons. The fourth-order valence-electron chi connectivity index (χ4n) is 1.56. The zero-order chi connectivity index (χ0) is 14.9. The van der Waals surface area contributed by atoms with Gasteiger partial charge < -0.3 is 15.6 Å². The van der Waals surface area contributed by atoms with Gasteiger partial charge in [0.2, 0.25) is 0 Å². The fraction of sp³-hybridized carbons (Fsp3) is 0. The number of aromatic carboxylic acids is 1. The van der Waals surface area contributed by atoms with Crippen molar-refractivity contribution in [1.82, 2.24) is 0 Å². The number of nitrogens with two attached hydrogens (primary N) is 1. The summed E-state index contributed by atoms with van der Waals surface area (Å²) in [5.41, 5.74) is 4.25. The first kappa shape index (κ1) is 14.3. The van der Waals surface area contributed by atoms with Gasteiger partial charge in [0.25, 0.3) is 0 Å². The number of anilines is 1. The lowest BCUT2D eigenvalue weighted by atomic mass is 10.1. The Morgan fingerprint density at radius 3 is 2.40 bits per heavy atom. The molecule has 0 aliphatic heterocycles. The smallest absolute Gasteiger partial charge is 0.341 e. The van der Waals surface area contributed by atoms with Crippen molar-refractivity contribution < 1.29 is 23.4 Å². The van der Waals surface area contributed by atoms with Crippen LogP contribution in [0.1, 0.15) is 10.4 Å². The normalized spacial score (nSPS) is 10.3. The molecule has 0 aliphatic rings. The van der Waals surface area contributed by atoms with Crippen LogP contribution >= 0.6 is 15.9 Å². The summed E-state index contributed by atoms with van der Waals surface area (Å²) in [4.78, 5) is 11.1. The van der Waals surface area contributed by atoms with Crippen LogP contribution in [-0.2, 0) is 0 Å². The molecule has 0 aliphatic carbocycles. The van der Waals surface area contributed by atoms with E-state index in [1.54, 1.807) is 0 Å². The molecule has 7 heteroatoms. The van der Waals surface area contributed by atoms with Crippen LogP contribution in [0.3, 0.4) is 0 Å². The number of rotatable bonds is 3. The van der Waals surface area contributed by atoms with Gasteiger partial charge in [-0.1, -0.05) is 15.9 Å². The maximum atomic E-state index is 13.6. The Morgan fingerprint density at radius 1 is 1.15 bits per heavy atom. The van der Waals surface area contributed by atoms with Gasteiger partial charge in [0.15, 0.2) is 11.6 Å². The molecule has 2 aromatic rings. The Morgan fingerprint density at radius 2 is 1.80 bits per heavy atom. The van der Waals surface area contributed by atoms with Crippen LogP contribution in [-0.4, -0.2) is 11.1 Å². The van der Waals surface area contributed by atoms with Gasteiger partial charge in [-0.2, -0.15) is 0 Å². The average Bonchev–Trinajstić information content (AvgIpc) is 2.36. The van der Waals surface area contributed by atoms with Crippen molar-refractivity contribution in [3.8, 4) is 11.5 Å². The molecule has 0 bridgehead atoms. The van der Waals surface area contributed by atoms with E-state index in [2.05, 4.69) is 15.9 Å². The van der Waals surface area contributed by atoms with Crippen LogP contribution in [0.4, 0.5) is 14.5 Å². The molecule has 0 amide bonds. The Bertz CT molecular complexity index is 692. The average molecular weight is 344 g/mol. The molecule has 20 heavy (non-hydrogen) atoms. The lowest BCUT2D eigenvalue weighted by Gasteiger charge is -2.11. The third-order valence-electron chi connectivity index (χ3n) is 2.48. The van der Waals surface area contributed by atoms with E-state index in [-0.39, 0.29) is 11.5 Å². The SMILES string of the molecule is Nc1c(F)ccc(Oc2ccc(Br)cc2F)c1C(=O)O. The fourth-order valence-corrected chi connectivity index (χ4v) is 1.89. The van der Waals surface area contributed by atoms with E-state index in [1.807, 2.05) is 0 Å². The molecule has 2 aromatic carbocycles. The van der Waals surface area contributed by atoms with Gasteiger partial charge in [-0.05, 0) is 30.3 Å². The summed E-state index contributed by atoms with van der Waals surface area (Å²) in [6.07, 6.45) is 0. The number of ether oxygens (including phenoxy) is 1. The number of hydrogen-bond donors (Lipinski definition) is 2. The molecule has 2 rings (SSSR count). The van der Waals surface area contributed by atoms with E-state index in [0.29, 0.717) is 4.47 Å². The van der Waals surface area contributed by atoms with Crippen LogP contribution in [0.25, 0.3) is 0 Å². The molecule has 4 nitrogen and oxygen atoms in total. The number of nitrogen functional groups attached to an aromatic ring is 1. The molecule has 0 radical (unpaired) electrons. The van der Waals surface area contributed by atoms with Gasteiger partial charge in [-0.25, -0.2) is 13.6 Å². The van der Waals surface area contributed by atoms with Crippen molar-refractivity contribution >= 4 is 27.6 Å². The minimum atomic E-state index is -1.46. The Labute approximate surface area is 120 Å². The molecule has 0 saturated heterocycles. The van der Waals surface area contributed by atoms with Crippen LogP contribution in [0.2, 0.25) is 0 Å². The van der Waals surface area contributed by atoms with Gasteiger partial charge in [0.05, 0.1) is 5.69 Å². The van der Waals surface area contributed by atoms with Crippen LogP contribution in [0.5, 0.6) is 11.5 Å². The Kier molecular flexibility index (Phi) is 3.89. The second-order valence-electron chi connectivity index (χ2n) is 3.82. The van der Waals surface area contributed by atoms with Crippen molar-refractivity contribution in [1.29, 1.82) is 0 Å². The zero-order valence-electron chi connectivity index (χ0n) is 9.86. The van der Waals surface area contributed by atoms with Crippen LogP contribution in [0, 0.1) is 11.6 Å². The van der Waals surface area contributed by atoms with E-state index < -0.39 is 28.9 Å². The maximum absolute atomic E-state index is 13.6. The largest absolute Gasteiger partial charge is 0.477 e. The minimum Gasteiger partial charge on any atom is -0.477 e. The highest BCUT2D eigenvalue weighted by molar-refractivity contribution is 9.10. The molecule has 0 unspecified atom stereocenters. The van der Waals surface area contributed by atoms with E-state index in [4.69, 9.17) is 15.6 Å². The molecular weight excluding hydrogens is 336 g/mol. The number of halogens is 3. The summed E-state index contributed by atoms with van der Waals surface area (Å²) in [6.45, 7) is 0. The third-order valence-corrected chi connectivity index (χ3v) is 2.98. The summed E-state index contributed by atoms with van der Waals surface area (Å²) in [5.74, 6) is -3.47. The Hall–Kier alpha value is -2.15. The topological polar surface area (TPSA) is 72.5 Å². The molecule has 0 heterocycles. The van der Waals surface area contributed by atoms with Crippen LogP contribution < -0.4 is 10.5 Å². The van der Waals surface area contributed by atoms with E-state index in [9.17, 15) is 13.6 Å². The summed E-state index contributed by atoms with van der Waals surface area (Å²) < 4.78 is 32.6. The number of hydrogen-bond acceptors (Lipinski definition) is 3. The van der Waals surface area contributed by atoms with Gasteiger partial charge in [0.1, 0.15) is 17.1 Å². The van der Waals surface area contributed by atoms with E-state index in [1.165, 1.54) is 12.1 Å². The van der Waals surface area contributed by atoms with Gasteiger partial charge in [-0.15, -0.1) is 0 Å². The molecule has 0 fully saturated rings. The standard InChI is InChI=1S/C13H8BrF2NO3/c14-6-1-3-9(8(16)5-6)20-10-4-2-7(15)12(17)11(10)13(18)19/h1-5H,17H2,(H,18,19). The zero-order valence-corrected chi connectivity index (χ0v) is 11.4. The highest BCUT2D eigenvalue weighted by Crippen LogP contribution is 2.32.